The first-order valence-corrected chi connectivity index (χ1v) is 10.4. The molecule has 1 unspecified atom stereocenters. The maximum Gasteiger partial charge on any atom is 0.416 e. The van der Waals surface area contributed by atoms with Crippen molar-refractivity contribution in [2.75, 3.05) is 12.3 Å². The number of nitrogen functional groups attached to an aromatic ring is 1. The molecule has 3 aromatic rings. The molecule has 3 aromatic carbocycles. The normalized spacial score (nSPS) is 16.3. The van der Waals surface area contributed by atoms with Gasteiger partial charge in [-0.05, 0) is 48.2 Å². The number of para-hydroxylation sites is 1. The number of nitrogens with two attached hydrogens (primary N) is 1. The predicted molar refractivity (Wildman–Crippen MR) is 115 cm³/mol. The Morgan fingerprint density at radius 1 is 0.970 bits per heavy atom. The number of hydrogen-bond donors (Lipinski definition) is 1. The Labute approximate surface area is 187 Å². The van der Waals surface area contributed by atoms with Gasteiger partial charge in [-0.15, -0.1) is 0 Å². The molecule has 1 aliphatic heterocycles. The van der Waals surface area contributed by atoms with Gasteiger partial charge < -0.3 is 10.6 Å². The van der Waals surface area contributed by atoms with Gasteiger partial charge in [0.25, 0.3) is 0 Å². The van der Waals surface area contributed by atoms with Crippen LogP contribution in [0.1, 0.15) is 35.6 Å². The molecule has 4 rings (SSSR count). The number of benzene rings is 3. The highest BCUT2D eigenvalue weighted by Crippen LogP contribution is 2.38. The second-order valence-electron chi connectivity index (χ2n) is 8.01. The Bertz CT molecular complexity index is 1190. The van der Waals surface area contributed by atoms with E-state index in [-0.39, 0.29) is 34.7 Å². The Balaban J connectivity index is 1.71. The zero-order valence-electron chi connectivity index (χ0n) is 17.5. The van der Waals surface area contributed by atoms with Gasteiger partial charge in [-0.1, -0.05) is 36.4 Å². The summed E-state index contributed by atoms with van der Waals surface area (Å²) in [7, 11) is 0. The van der Waals surface area contributed by atoms with Crippen molar-refractivity contribution in [1.29, 1.82) is 0 Å². The highest BCUT2D eigenvalue weighted by molar-refractivity contribution is 5.85. The Morgan fingerprint density at radius 3 is 2.42 bits per heavy atom. The molecular formula is C25H21F5N2O. The minimum absolute atomic E-state index is 0.0387. The van der Waals surface area contributed by atoms with E-state index in [2.05, 4.69) is 0 Å². The van der Waals surface area contributed by atoms with Crippen molar-refractivity contribution in [3.8, 4) is 11.1 Å². The van der Waals surface area contributed by atoms with Crippen molar-refractivity contribution < 1.29 is 26.7 Å². The molecule has 0 bridgehead atoms. The monoisotopic (exact) mass is 460 g/mol. The van der Waals surface area contributed by atoms with Gasteiger partial charge in [0.2, 0.25) is 5.91 Å². The first-order valence-electron chi connectivity index (χ1n) is 10.4. The lowest BCUT2D eigenvalue weighted by Gasteiger charge is -2.26. The zero-order chi connectivity index (χ0) is 23.8. The largest absolute Gasteiger partial charge is 0.416 e. The lowest BCUT2D eigenvalue weighted by Crippen LogP contribution is -2.32. The number of halogens is 5. The molecule has 0 radical (unpaired) electrons. The van der Waals surface area contributed by atoms with Gasteiger partial charge in [0.15, 0.2) is 0 Å². The van der Waals surface area contributed by atoms with E-state index in [0.29, 0.717) is 24.9 Å². The minimum Gasteiger partial charge on any atom is -0.396 e. The average Bonchev–Trinajstić information content (AvgIpc) is 3.25. The number of rotatable bonds is 4. The number of alkyl halides is 3. The molecule has 1 aliphatic rings. The van der Waals surface area contributed by atoms with E-state index in [0.717, 1.165) is 18.2 Å². The van der Waals surface area contributed by atoms with Crippen LogP contribution in [-0.2, 0) is 17.4 Å². The van der Waals surface area contributed by atoms with E-state index < -0.39 is 29.4 Å². The van der Waals surface area contributed by atoms with E-state index in [1.165, 1.54) is 24.3 Å². The van der Waals surface area contributed by atoms with Gasteiger partial charge >= 0.3 is 6.18 Å². The first kappa shape index (κ1) is 22.8. The summed E-state index contributed by atoms with van der Waals surface area (Å²) < 4.78 is 68.5. The van der Waals surface area contributed by atoms with Crippen LogP contribution < -0.4 is 5.73 Å². The molecule has 3 nitrogen and oxygen atoms in total. The fourth-order valence-electron chi connectivity index (χ4n) is 4.33. The smallest absolute Gasteiger partial charge is 0.396 e. The number of amides is 1. The van der Waals surface area contributed by atoms with Crippen LogP contribution in [0.15, 0.2) is 60.7 Å². The van der Waals surface area contributed by atoms with Gasteiger partial charge in [0.05, 0.1) is 23.7 Å². The average molecular weight is 460 g/mol. The Kier molecular flexibility index (Phi) is 6.10. The molecule has 0 saturated carbocycles. The quantitative estimate of drug-likeness (QED) is 0.376. The van der Waals surface area contributed by atoms with E-state index >= 15 is 0 Å². The summed E-state index contributed by atoms with van der Waals surface area (Å²) in [5.74, 6) is -1.52. The highest BCUT2D eigenvalue weighted by Gasteiger charge is 2.34. The molecule has 0 aromatic heterocycles. The summed E-state index contributed by atoms with van der Waals surface area (Å²) in [5, 5.41) is 0. The van der Waals surface area contributed by atoms with Crippen molar-refractivity contribution >= 4 is 11.6 Å². The third-order valence-corrected chi connectivity index (χ3v) is 5.96. The fourth-order valence-corrected chi connectivity index (χ4v) is 4.33. The van der Waals surface area contributed by atoms with Crippen LogP contribution in [0, 0.1) is 11.6 Å². The molecule has 1 fully saturated rings. The number of carbonyl (C=O) groups excluding carboxylic acids is 1. The summed E-state index contributed by atoms with van der Waals surface area (Å²) in [5.41, 5.74) is 5.40. The number of anilines is 1. The lowest BCUT2D eigenvalue weighted by molar-refractivity contribution is -0.137. The summed E-state index contributed by atoms with van der Waals surface area (Å²) in [4.78, 5) is 14.8. The van der Waals surface area contributed by atoms with Crippen LogP contribution in [0.5, 0.6) is 0 Å². The van der Waals surface area contributed by atoms with Gasteiger partial charge in [-0.3, -0.25) is 4.79 Å². The SMILES string of the molecule is Nc1c(F)cccc1-c1cc(C(F)(F)F)ccc1CC(=O)N1CCCC1c1ccccc1F. The molecule has 33 heavy (non-hydrogen) atoms. The molecule has 1 saturated heterocycles. The number of nitrogens with zero attached hydrogens (tertiary/aromatic N) is 1. The topological polar surface area (TPSA) is 46.3 Å². The molecule has 172 valence electrons. The maximum atomic E-state index is 14.3. The summed E-state index contributed by atoms with van der Waals surface area (Å²) in [6.45, 7) is 0.413. The Morgan fingerprint density at radius 2 is 1.70 bits per heavy atom. The van der Waals surface area contributed by atoms with Crippen LogP contribution in [0.25, 0.3) is 11.1 Å². The van der Waals surface area contributed by atoms with Crippen molar-refractivity contribution in [2.45, 2.75) is 31.5 Å². The van der Waals surface area contributed by atoms with E-state index in [1.54, 1.807) is 23.1 Å². The minimum atomic E-state index is -4.62. The van der Waals surface area contributed by atoms with Gasteiger partial charge in [0.1, 0.15) is 11.6 Å². The summed E-state index contributed by atoms with van der Waals surface area (Å²) in [6.07, 6.45) is -3.58. The number of likely N-dealkylation sites (tertiary alicyclic amines) is 1. The van der Waals surface area contributed by atoms with Gasteiger partial charge in [-0.2, -0.15) is 13.2 Å². The molecule has 0 spiro atoms. The second-order valence-corrected chi connectivity index (χ2v) is 8.01. The molecule has 0 aliphatic carbocycles. The second kappa shape index (κ2) is 8.84. The molecule has 2 N–H and O–H groups in total. The van der Waals surface area contributed by atoms with Crippen LogP contribution in [-0.4, -0.2) is 17.4 Å². The zero-order valence-corrected chi connectivity index (χ0v) is 17.5. The van der Waals surface area contributed by atoms with Crippen molar-refractivity contribution in [2.24, 2.45) is 0 Å². The van der Waals surface area contributed by atoms with Crippen LogP contribution in [0.2, 0.25) is 0 Å². The van der Waals surface area contributed by atoms with Crippen molar-refractivity contribution in [1.82, 2.24) is 4.90 Å². The van der Waals surface area contributed by atoms with Gasteiger partial charge in [-0.25, -0.2) is 8.78 Å². The standard InChI is InChI=1S/C25H21F5N2O/c26-20-7-2-1-5-18(20)22-9-4-12-32(22)23(33)13-15-10-11-16(25(28,29)30)14-19(15)17-6-3-8-21(27)24(17)31/h1-3,5-8,10-11,14,22H,4,9,12-13,31H2. The summed E-state index contributed by atoms with van der Waals surface area (Å²) in [6, 6.07) is 12.6. The van der Waals surface area contributed by atoms with E-state index in [9.17, 15) is 26.7 Å². The molecule has 1 amide bonds. The molecular weight excluding hydrogens is 439 g/mol. The van der Waals surface area contributed by atoms with Gasteiger partial charge in [0, 0.05) is 17.7 Å². The van der Waals surface area contributed by atoms with E-state index in [1.807, 2.05) is 0 Å². The number of carbonyl (C=O) groups is 1. The highest BCUT2D eigenvalue weighted by atomic mass is 19.4. The lowest BCUT2D eigenvalue weighted by atomic mass is 9.93. The molecule has 1 heterocycles. The third-order valence-electron chi connectivity index (χ3n) is 5.96. The van der Waals surface area contributed by atoms with Crippen LogP contribution in [0.3, 0.4) is 0 Å². The fraction of sp³-hybridized carbons (Fsp3) is 0.240. The molecule has 8 heteroatoms. The third kappa shape index (κ3) is 4.55. The van der Waals surface area contributed by atoms with Crippen molar-refractivity contribution in [3.63, 3.8) is 0 Å². The summed E-state index contributed by atoms with van der Waals surface area (Å²) >= 11 is 0. The van der Waals surface area contributed by atoms with Crippen LogP contribution >= 0.6 is 0 Å². The van der Waals surface area contributed by atoms with Crippen LogP contribution in [0.4, 0.5) is 27.6 Å². The molecule has 1 atom stereocenters. The first-order chi connectivity index (χ1) is 15.7. The van der Waals surface area contributed by atoms with E-state index in [4.69, 9.17) is 5.73 Å². The number of hydrogen-bond acceptors (Lipinski definition) is 2. The van der Waals surface area contributed by atoms with Crippen molar-refractivity contribution in [3.05, 3.63) is 89.0 Å². The maximum absolute atomic E-state index is 14.3. The predicted octanol–water partition coefficient (Wildman–Crippen LogP) is 6.14. The Hall–Kier alpha value is -3.42.